The van der Waals surface area contributed by atoms with Crippen LogP contribution in [-0.4, -0.2) is 29.7 Å². The fourth-order valence-corrected chi connectivity index (χ4v) is 2.59. The van der Waals surface area contributed by atoms with Crippen LogP contribution in [0, 0.1) is 0 Å². The van der Waals surface area contributed by atoms with Crippen molar-refractivity contribution < 1.29 is 4.74 Å². The number of nitrogens with one attached hydrogen (secondary N) is 1. The first-order chi connectivity index (χ1) is 8.85. The van der Waals surface area contributed by atoms with Gasteiger partial charge in [0, 0.05) is 18.4 Å². The molecule has 4 heteroatoms. The molecule has 1 unspecified atom stereocenters. The maximum atomic E-state index is 5.27. The Morgan fingerprint density at radius 2 is 2.17 bits per heavy atom. The normalized spacial score (nSPS) is 16.1. The van der Waals surface area contributed by atoms with Gasteiger partial charge in [0.1, 0.15) is 12.1 Å². The van der Waals surface area contributed by atoms with Gasteiger partial charge in [-0.1, -0.05) is 13.3 Å². The molecule has 0 aliphatic heterocycles. The molecule has 1 aromatic heterocycles. The van der Waals surface area contributed by atoms with Gasteiger partial charge in [0.2, 0.25) is 0 Å². The van der Waals surface area contributed by atoms with Gasteiger partial charge >= 0.3 is 0 Å². The van der Waals surface area contributed by atoms with E-state index in [1.54, 1.807) is 13.4 Å². The Morgan fingerprint density at radius 1 is 1.33 bits per heavy atom. The summed E-state index contributed by atoms with van der Waals surface area (Å²) in [5, 5.41) is 3.53. The van der Waals surface area contributed by atoms with Crippen LogP contribution in [0.2, 0.25) is 0 Å². The van der Waals surface area contributed by atoms with Crippen molar-refractivity contribution in [2.75, 3.05) is 19.0 Å². The van der Waals surface area contributed by atoms with Crippen molar-refractivity contribution in [2.45, 2.75) is 51.5 Å². The quantitative estimate of drug-likeness (QED) is 0.841. The molecule has 1 N–H and O–H groups in total. The average molecular weight is 249 g/mol. The topological polar surface area (TPSA) is 47.0 Å². The first-order valence-corrected chi connectivity index (χ1v) is 6.93. The highest BCUT2D eigenvalue weighted by atomic mass is 16.5. The molecule has 1 aliphatic carbocycles. The van der Waals surface area contributed by atoms with Crippen LogP contribution in [0.1, 0.15) is 43.9 Å². The summed E-state index contributed by atoms with van der Waals surface area (Å²) >= 11 is 0. The molecule has 0 aromatic carbocycles. The second-order valence-electron chi connectivity index (χ2n) is 4.94. The lowest BCUT2D eigenvalue weighted by Crippen LogP contribution is -2.26. The lowest BCUT2D eigenvalue weighted by atomic mass is 9.96. The molecule has 0 spiro atoms. The summed E-state index contributed by atoms with van der Waals surface area (Å²) in [6.07, 6.45) is 8.63. The number of aromatic nitrogens is 2. The van der Waals surface area contributed by atoms with Crippen molar-refractivity contribution in [3.05, 3.63) is 17.6 Å². The van der Waals surface area contributed by atoms with Gasteiger partial charge < -0.3 is 10.1 Å². The smallest absolute Gasteiger partial charge is 0.133 e. The van der Waals surface area contributed by atoms with Crippen LogP contribution in [-0.2, 0) is 17.6 Å². The summed E-state index contributed by atoms with van der Waals surface area (Å²) in [5.74, 6) is 1.02. The van der Waals surface area contributed by atoms with Crippen molar-refractivity contribution in [1.29, 1.82) is 0 Å². The Morgan fingerprint density at radius 3 is 2.94 bits per heavy atom. The van der Waals surface area contributed by atoms with Crippen LogP contribution in [0.5, 0.6) is 0 Å². The fourth-order valence-electron chi connectivity index (χ4n) is 2.59. The second-order valence-corrected chi connectivity index (χ2v) is 4.94. The zero-order valence-electron chi connectivity index (χ0n) is 11.4. The zero-order valence-corrected chi connectivity index (χ0v) is 11.4. The third-order valence-electron chi connectivity index (χ3n) is 3.47. The third-order valence-corrected chi connectivity index (χ3v) is 3.47. The molecular weight excluding hydrogens is 226 g/mol. The monoisotopic (exact) mass is 249 g/mol. The summed E-state index contributed by atoms with van der Waals surface area (Å²) in [6, 6.07) is 0.348. The van der Waals surface area contributed by atoms with Gasteiger partial charge in [-0.05, 0) is 32.1 Å². The van der Waals surface area contributed by atoms with Crippen LogP contribution in [0.4, 0.5) is 5.82 Å². The Labute approximate surface area is 109 Å². The number of hydrogen-bond acceptors (Lipinski definition) is 4. The van der Waals surface area contributed by atoms with Crippen LogP contribution in [0.25, 0.3) is 0 Å². The predicted molar refractivity (Wildman–Crippen MR) is 72.9 cm³/mol. The standard InChI is InChI=1S/C14H23N3O/c1-3-6-11(9-18-2)17-14-12-7-4-5-8-13(12)15-10-16-14/h10-11H,3-9H2,1-2H3,(H,15,16,17). The Hall–Kier alpha value is -1.16. The lowest BCUT2D eigenvalue weighted by molar-refractivity contribution is 0.182. The number of rotatable bonds is 6. The third kappa shape index (κ3) is 3.19. The molecule has 4 nitrogen and oxygen atoms in total. The molecule has 0 saturated carbocycles. The summed E-state index contributed by atoms with van der Waals surface area (Å²) in [4.78, 5) is 8.82. The van der Waals surface area contributed by atoms with Gasteiger partial charge in [0.25, 0.3) is 0 Å². The largest absolute Gasteiger partial charge is 0.383 e. The van der Waals surface area contributed by atoms with Crippen molar-refractivity contribution in [3.8, 4) is 0 Å². The maximum absolute atomic E-state index is 5.27. The second kappa shape index (κ2) is 6.69. The summed E-state index contributed by atoms with van der Waals surface area (Å²) < 4.78 is 5.27. The van der Waals surface area contributed by atoms with Gasteiger partial charge in [-0.2, -0.15) is 0 Å². The van der Waals surface area contributed by atoms with E-state index in [4.69, 9.17) is 4.74 Å². The zero-order chi connectivity index (χ0) is 12.8. The van der Waals surface area contributed by atoms with Crippen LogP contribution >= 0.6 is 0 Å². The summed E-state index contributed by atoms with van der Waals surface area (Å²) in [6.45, 7) is 2.92. The summed E-state index contributed by atoms with van der Waals surface area (Å²) in [7, 11) is 1.75. The van der Waals surface area contributed by atoms with Crippen molar-refractivity contribution in [2.24, 2.45) is 0 Å². The van der Waals surface area contributed by atoms with Crippen molar-refractivity contribution >= 4 is 5.82 Å². The Kier molecular flexibility index (Phi) is 4.93. The van der Waals surface area contributed by atoms with E-state index in [2.05, 4.69) is 22.2 Å². The number of anilines is 1. The molecule has 1 atom stereocenters. The molecule has 2 rings (SSSR count). The van der Waals surface area contributed by atoms with E-state index in [0.29, 0.717) is 6.04 Å². The van der Waals surface area contributed by atoms with Crippen LogP contribution in [0.3, 0.4) is 0 Å². The van der Waals surface area contributed by atoms with E-state index in [-0.39, 0.29) is 0 Å². The van der Waals surface area contributed by atoms with E-state index in [1.807, 2.05) is 0 Å². The average Bonchev–Trinajstić information content (AvgIpc) is 2.40. The van der Waals surface area contributed by atoms with E-state index in [1.165, 1.54) is 24.1 Å². The molecule has 0 saturated heterocycles. The molecule has 18 heavy (non-hydrogen) atoms. The molecular formula is C14H23N3O. The highest BCUT2D eigenvalue weighted by Gasteiger charge is 2.17. The lowest BCUT2D eigenvalue weighted by Gasteiger charge is -2.22. The van der Waals surface area contributed by atoms with Gasteiger partial charge in [-0.15, -0.1) is 0 Å². The van der Waals surface area contributed by atoms with Gasteiger partial charge in [0.15, 0.2) is 0 Å². The molecule has 0 fully saturated rings. The summed E-state index contributed by atoms with van der Waals surface area (Å²) in [5.41, 5.74) is 2.55. The van der Waals surface area contributed by atoms with Gasteiger partial charge in [-0.25, -0.2) is 9.97 Å². The van der Waals surface area contributed by atoms with E-state index in [9.17, 15) is 0 Å². The van der Waals surface area contributed by atoms with E-state index in [0.717, 1.165) is 38.1 Å². The number of hydrogen-bond donors (Lipinski definition) is 1. The Balaban J connectivity index is 2.12. The SMILES string of the molecule is CCCC(COC)Nc1ncnc2c1CCCC2. The Bertz CT molecular complexity index is 375. The minimum absolute atomic E-state index is 0.348. The number of aryl methyl sites for hydroxylation is 1. The van der Waals surface area contributed by atoms with E-state index < -0.39 is 0 Å². The molecule has 1 aromatic rings. The first-order valence-electron chi connectivity index (χ1n) is 6.93. The number of methoxy groups -OCH3 is 1. The van der Waals surface area contributed by atoms with Crippen molar-refractivity contribution in [3.63, 3.8) is 0 Å². The minimum atomic E-state index is 0.348. The number of nitrogens with zero attached hydrogens (tertiary/aromatic N) is 2. The molecule has 100 valence electrons. The van der Waals surface area contributed by atoms with Crippen LogP contribution < -0.4 is 5.32 Å². The molecule has 1 aliphatic rings. The van der Waals surface area contributed by atoms with Crippen LogP contribution in [0.15, 0.2) is 6.33 Å². The van der Waals surface area contributed by atoms with Crippen molar-refractivity contribution in [1.82, 2.24) is 9.97 Å². The molecule has 0 radical (unpaired) electrons. The molecule has 0 bridgehead atoms. The molecule has 0 amide bonds. The highest BCUT2D eigenvalue weighted by molar-refractivity contribution is 5.47. The van der Waals surface area contributed by atoms with E-state index >= 15 is 0 Å². The predicted octanol–water partition coefficient (Wildman–Crippen LogP) is 2.58. The first kappa shape index (κ1) is 13.3. The number of ether oxygens (including phenoxy) is 1. The fraction of sp³-hybridized carbons (Fsp3) is 0.714. The highest BCUT2D eigenvalue weighted by Crippen LogP contribution is 2.25. The minimum Gasteiger partial charge on any atom is -0.383 e. The van der Waals surface area contributed by atoms with Gasteiger partial charge in [-0.3, -0.25) is 0 Å². The number of fused-ring (bicyclic) bond motifs is 1. The molecule has 1 heterocycles. The van der Waals surface area contributed by atoms with Gasteiger partial charge in [0.05, 0.1) is 12.6 Å². The maximum Gasteiger partial charge on any atom is 0.133 e.